The second-order valence-electron chi connectivity index (χ2n) is 3.77. The first-order valence-corrected chi connectivity index (χ1v) is 4.64. The van der Waals surface area contributed by atoms with Gasteiger partial charge in [-0.3, -0.25) is 0 Å². The lowest BCUT2D eigenvalue weighted by atomic mass is 9.73. The zero-order valence-corrected chi connectivity index (χ0v) is 7.68. The monoisotopic (exact) mass is 210 g/mol. The zero-order valence-electron chi connectivity index (χ0n) is 7.68. The maximum Gasteiger partial charge on any atom is 0.417 e. The highest BCUT2D eigenvalue weighted by atomic mass is 19.4. The molecule has 0 bridgehead atoms. The highest BCUT2D eigenvalue weighted by Crippen LogP contribution is 2.46. The number of carbonyl (C=O) groups is 1. The van der Waals surface area contributed by atoms with Crippen LogP contribution in [0.2, 0.25) is 0 Å². The molecule has 0 aromatic carbocycles. The Balaban J connectivity index is 2.84. The number of halogens is 3. The Kier molecular flexibility index (Phi) is 3.19. The van der Waals surface area contributed by atoms with E-state index in [4.69, 9.17) is 0 Å². The van der Waals surface area contributed by atoms with Crippen LogP contribution >= 0.6 is 0 Å². The summed E-state index contributed by atoms with van der Waals surface area (Å²) >= 11 is 0. The molecular formula is C9H13F3O2. The number of hydrogen-bond donors (Lipinski definition) is 1. The fourth-order valence-corrected chi connectivity index (χ4v) is 2.03. The van der Waals surface area contributed by atoms with E-state index in [0.29, 0.717) is 19.1 Å². The summed E-state index contributed by atoms with van der Waals surface area (Å²) in [5.74, 6) is -0.964. The molecule has 0 radical (unpaired) electrons. The Hall–Kier alpha value is -0.580. The molecule has 0 aromatic rings. The fourth-order valence-electron chi connectivity index (χ4n) is 2.03. The lowest BCUT2D eigenvalue weighted by Gasteiger charge is -2.40. The number of rotatable bonds is 2. The van der Waals surface area contributed by atoms with Gasteiger partial charge in [0.15, 0.2) is 5.60 Å². The van der Waals surface area contributed by atoms with Crippen molar-refractivity contribution in [1.29, 1.82) is 0 Å². The summed E-state index contributed by atoms with van der Waals surface area (Å²) in [6, 6.07) is 0. The Morgan fingerprint density at radius 1 is 1.43 bits per heavy atom. The van der Waals surface area contributed by atoms with Crippen molar-refractivity contribution in [2.24, 2.45) is 5.92 Å². The number of carbonyl (C=O) groups excluding carboxylic acids is 1. The Labute approximate surface area is 80.1 Å². The molecule has 2 nitrogen and oxygen atoms in total. The minimum atomic E-state index is -4.62. The fraction of sp³-hybridized carbons (Fsp3) is 0.889. The predicted octanol–water partition coefficient (Wildman–Crippen LogP) is 2.06. The molecule has 0 aliphatic heterocycles. The van der Waals surface area contributed by atoms with Crippen molar-refractivity contribution in [3.63, 3.8) is 0 Å². The number of hydrogen-bond acceptors (Lipinski definition) is 2. The van der Waals surface area contributed by atoms with E-state index in [1.54, 1.807) is 0 Å². The molecule has 1 saturated carbocycles. The van der Waals surface area contributed by atoms with Crippen LogP contribution in [-0.2, 0) is 4.79 Å². The van der Waals surface area contributed by atoms with Crippen molar-refractivity contribution in [2.75, 3.05) is 0 Å². The van der Waals surface area contributed by atoms with Gasteiger partial charge in [0.2, 0.25) is 0 Å². The molecule has 82 valence electrons. The summed E-state index contributed by atoms with van der Waals surface area (Å²) in [5.41, 5.74) is -2.65. The molecule has 2 unspecified atom stereocenters. The van der Waals surface area contributed by atoms with Gasteiger partial charge in [0, 0.05) is 12.3 Å². The molecule has 0 heterocycles. The molecule has 0 spiro atoms. The molecule has 1 rings (SSSR count). The topological polar surface area (TPSA) is 37.3 Å². The van der Waals surface area contributed by atoms with Crippen LogP contribution in [0.5, 0.6) is 0 Å². The number of alkyl halides is 3. The molecule has 1 aliphatic carbocycles. The minimum Gasteiger partial charge on any atom is -0.380 e. The van der Waals surface area contributed by atoms with Gasteiger partial charge < -0.3 is 9.90 Å². The molecule has 1 aliphatic rings. The lowest BCUT2D eigenvalue weighted by molar-refractivity contribution is -0.288. The number of aldehydes is 1. The predicted molar refractivity (Wildman–Crippen MR) is 43.6 cm³/mol. The van der Waals surface area contributed by atoms with Gasteiger partial charge in [0.05, 0.1) is 0 Å². The van der Waals surface area contributed by atoms with Crippen LogP contribution in [0.15, 0.2) is 0 Å². The van der Waals surface area contributed by atoms with Crippen LogP contribution in [-0.4, -0.2) is 23.2 Å². The van der Waals surface area contributed by atoms with Gasteiger partial charge in [0.1, 0.15) is 6.29 Å². The number of aliphatic hydroxyl groups is 1. The Bertz CT molecular complexity index is 215. The van der Waals surface area contributed by atoms with E-state index in [1.165, 1.54) is 0 Å². The van der Waals surface area contributed by atoms with Crippen LogP contribution in [0.3, 0.4) is 0 Å². The quantitative estimate of drug-likeness (QED) is 0.708. The molecule has 1 N–H and O–H groups in total. The average molecular weight is 210 g/mol. The SMILES string of the molecule is O=CCC1CCCCC1(O)C(F)(F)F. The van der Waals surface area contributed by atoms with Crippen molar-refractivity contribution >= 4 is 6.29 Å². The summed E-state index contributed by atoms with van der Waals surface area (Å²) < 4.78 is 37.6. The van der Waals surface area contributed by atoms with Crippen molar-refractivity contribution in [3.05, 3.63) is 0 Å². The van der Waals surface area contributed by atoms with E-state index in [-0.39, 0.29) is 19.3 Å². The Morgan fingerprint density at radius 2 is 2.07 bits per heavy atom. The normalized spacial score (nSPS) is 34.1. The molecule has 1 fully saturated rings. The molecule has 14 heavy (non-hydrogen) atoms. The third-order valence-corrected chi connectivity index (χ3v) is 2.91. The van der Waals surface area contributed by atoms with Crippen LogP contribution in [0.1, 0.15) is 32.1 Å². The van der Waals surface area contributed by atoms with Gasteiger partial charge in [-0.05, 0) is 12.8 Å². The summed E-state index contributed by atoms with van der Waals surface area (Å²) in [5, 5.41) is 9.51. The van der Waals surface area contributed by atoms with Gasteiger partial charge in [-0.25, -0.2) is 0 Å². The van der Waals surface area contributed by atoms with E-state index in [1.807, 2.05) is 0 Å². The highest BCUT2D eigenvalue weighted by molar-refractivity contribution is 5.50. The van der Waals surface area contributed by atoms with E-state index in [2.05, 4.69) is 0 Å². The third-order valence-electron chi connectivity index (χ3n) is 2.91. The van der Waals surface area contributed by atoms with Gasteiger partial charge in [-0.1, -0.05) is 12.8 Å². The van der Waals surface area contributed by atoms with E-state index in [9.17, 15) is 23.1 Å². The largest absolute Gasteiger partial charge is 0.417 e. The van der Waals surface area contributed by atoms with Crippen molar-refractivity contribution < 1.29 is 23.1 Å². The van der Waals surface area contributed by atoms with Crippen LogP contribution in [0.4, 0.5) is 13.2 Å². The summed E-state index contributed by atoms with van der Waals surface area (Å²) in [6.45, 7) is 0. The van der Waals surface area contributed by atoms with Crippen molar-refractivity contribution in [2.45, 2.75) is 43.9 Å². The van der Waals surface area contributed by atoms with Gasteiger partial charge >= 0.3 is 6.18 Å². The lowest BCUT2D eigenvalue weighted by Crippen LogP contribution is -2.53. The molecule has 5 heteroatoms. The van der Waals surface area contributed by atoms with Crippen LogP contribution in [0, 0.1) is 5.92 Å². The van der Waals surface area contributed by atoms with Gasteiger partial charge in [-0.15, -0.1) is 0 Å². The van der Waals surface area contributed by atoms with Crippen LogP contribution < -0.4 is 0 Å². The Morgan fingerprint density at radius 3 is 2.57 bits per heavy atom. The second-order valence-corrected chi connectivity index (χ2v) is 3.77. The standard InChI is InChI=1S/C9H13F3O2/c10-9(11,12)8(14)5-2-1-3-7(8)4-6-13/h6-7,14H,1-5H2. The summed E-state index contributed by atoms with van der Waals surface area (Å²) in [7, 11) is 0. The molecule has 2 atom stereocenters. The van der Waals surface area contributed by atoms with Gasteiger partial charge in [0.25, 0.3) is 0 Å². The zero-order chi connectivity index (χ0) is 10.8. The van der Waals surface area contributed by atoms with Crippen molar-refractivity contribution in [3.8, 4) is 0 Å². The average Bonchev–Trinajstić information content (AvgIpc) is 2.07. The maximum absolute atomic E-state index is 12.5. The van der Waals surface area contributed by atoms with Crippen molar-refractivity contribution in [1.82, 2.24) is 0 Å². The van der Waals surface area contributed by atoms with Crippen LogP contribution in [0.25, 0.3) is 0 Å². The summed E-state index contributed by atoms with van der Waals surface area (Å²) in [4.78, 5) is 10.2. The molecule has 0 saturated heterocycles. The second kappa shape index (κ2) is 3.88. The van der Waals surface area contributed by atoms with E-state index in [0.717, 1.165) is 0 Å². The van der Waals surface area contributed by atoms with Gasteiger partial charge in [-0.2, -0.15) is 13.2 Å². The molecule has 0 aromatic heterocycles. The summed E-state index contributed by atoms with van der Waals surface area (Å²) in [6.07, 6.45) is -3.38. The minimum absolute atomic E-state index is 0.212. The highest BCUT2D eigenvalue weighted by Gasteiger charge is 2.58. The van der Waals surface area contributed by atoms with E-state index < -0.39 is 17.7 Å². The third kappa shape index (κ3) is 1.92. The van der Waals surface area contributed by atoms with E-state index >= 15 is 0 Å². The molecular weight excluding hydrogens is 197 g/mol. The smallest absolute Gasteiger partial charge is 0.380 e. The first-order chi connectivity index (χ1) is 6.42. The maximum atomic E-state index is 12.5. The molecule has 0 amide bonds. The first kappa shape index (κ1) is 11.5. The first-order valence-electron chi connectivity index (χ1n) is 4.64.